The van der Waals surface area contributed by atoms with Crippen LogP contribution in [0.2, 0.25) is 0 Å². The Morgan fingerprint density at radius 1 is 0.897 bits per heavy atom. The Kier molecular flexibility index (Phi) is 7.76. The summed E-state index contributed by atoms with van der Waals surface area (Å²) in [7, 11) is 0. The number of benzene rings is 2. The van der Waals surface area contributed by atoms with Crippen molar-refractivity contribution in [1.82, 2.24) is 0 Å². The zero-order valence-electron chi connectivity index (χ0n) is 17.3. The van der Waals surface area contributed by atoms with Gasteiger partial charge in [0.2, 0.25) is 11.8 Å². The minimum Gasteiger partial charge on any atom is -0.397 e. The molecule has 0 atom stereocenters. The third-order valence-corrected chi connectivity index (χ3v) is 4.63. The van der Waals surface area contributed by atoms with Gasteiger partial charge in [-0.15, -0.1) is 0 Å². The molecule has 0 bridgehead atoms. The molecule has 6 heteroatoms. The van der Waals surface area contributed by atoms with E-state index in [1.54, 1.807) is 0 Å². The van der Waals surface area contributed by atoms with Crippen molar-refractivity contribution in [2.24, 2.45) is 0 Å². The van der Waals surface area contributed by atoms with Gasteiger partial charge in [0.15, 0.2) is 0 Å². The van der Waals surface area contributed by atoms with E-state index < -0.39 is 0 Å². The molecule has 0 aliphatic heterocycles. The first-order valence-electron chi connectivity index (χ1n) is 9.90. The van der Waals surface area contributed by atoms with Crippen LogP contribution in [0.25, 0.3) is 0 Å². The molecule has 0 heterocycles. The summed E-state index contributed by atoms with van der Waals surface area (Å²) < 4.78 is 12.8. The summed E-state index contributed by atoms with van der Waals surface area (Å²) in [5.41, 5.74) is 8.94. The lowest BCUT2D eigenvalue weighted by Gasteiger charge is -2.20. The molecular weight excluding hydrogens is 369 g/mol. The van der Waals surface area contributed by atoms with Crippen LogP contribution in [0.1, 0.15) is 58.4 Å². The number of nitrogens with one attached hydrogen (secondary N) is 2. The standard InChI is InChI=1S/C23H30FN3O2/c1-23(2,3)16-9-14-20(19(25)15-16)27-22(29)8-6-4-5-7-21(28)26-18-12-10-17(24)11-13-18/h9-15H,4-8,25H2,1-3H3,(H,26,28)(H,27,29). The van der Waals surface area contributed by atoms with Crippen molar-refractivity contribution < 1.29 is 14.0 Å². The van der Waals surface area contributed by atoms with Gasteiger partial charge in [-0.3, -0.25) is 9.59 Å². The Hall–Kier alpha value is -2.89. The first kappa shape index (κ1) is 22.4. The van der Waals surface area contributed by atoms with E-state index in [1.807, 2.05) is 18.2 Å². The van der Waals surface area contributed by atoms with Gasteiger partial charge in [-0.05, 0) is 60.2 Å². The molecule has 0 fully saturated rings. The van der Waals surface area contributed by atoms with Crippen LogP contribution in [-0.4, -0.2) is 11.8 Å². The van der Waals surface area contributed by atoms with Crippen molar-refractivity contribution in [3.8, 4) is 0 Å². The highest BCUT2D eigenvalue weighted by molar-refractivity contribution is 5.94. The Balaban J connectivity index is 1.67. The Morgan fingerprint density at radius 3 is 2.03 bits per heavy atom. The summed E-state index contributed by atoms with van der Waals surface area (Å²) in [6.45, 7) is 6.33. The highest BCUT2D eigenvalue weighted by atomic mass is 19.1. The van der Waals surface area contributed by atoms with E-state index >= 15 is 0 Å². The molecule has 0 aliphatic rings. The quantitative estimate of drug-likeness (QED) is 0.420. The number of hydrogen-bond donors (Lipinski definition) is 3. The molecule has 2 rings (SSSR count). The number of rotatable bonds is 8. The summed E-state index contributed by atoms with van der Waals surface area (Å²) in [5.74, 6) is -0.545. The van der Waals surface area contributed by atoms with Crippen molar-refractivity contribution in [1.29, 1.82) is 0 Å². The Bertz CT molecular complexity index is 842. The number of anilines is 3. The number of nitrogens with two attached hydrogens (primary N) is 1. The maximum absolute atomic E-state index is 12.8. The highest BCUT2D eigenvalue weighted by Crippen LogP contribution is 2.28. The third kappa shape index (κ3) is 7.56. The van der Waals surface area contributed by atoms with Crippen molar-refractivity contribution >= 4 is 28.9 Å². The second-order valence-electron chi connectivity index (χ2n) is 8.22. The van der Waals surface area contributed by atoms with Crippen LogP contribution in [0, 0.1) is 5.82 Å². The van der Waals surface area contributed by atoms with E-state index in [2.05, 4.69) is 31.4 Å². The number of nitrogen functional groups attached to an aromatic ring is 1. The van der Waals surface area contributed by atoms with E-state index in [9.17, 15) is 14.0 Å². The summed E-state index contributed by atoms with van der Waals surface area (Å²) in [4.78, 5) is 24.0. The lowest BCUT2D eigenvalue weighted by atomic mass is 9.86. The molecule has 0 aromatic heterocycles. The van der Waals surface area contributed by atoms with Crippen LogP contribution in [0.15, 0.2) is 42.5 Å². The number of amides is 2. The van der Waals surface area contributed by atoms with Crippen molar-refractivity contribution in [2.45, 2.75) is 58.3 Å². The van der Waals surface area contributed by atoms with E-state index in [0.29, 0.717) is 42.7 Å². The van der Waals surface area contributed by atoms with Crippen molar-refractivity contribution in [3.63, 3.8) is 0 Å². The zero-order chi connectivity index (χ0) is 21.4. The van der Waals surface area contributed by atoms with Gasteiger partial charge in [-0.1, -0.05) is 33.3 Å². The molecule has 0 unspecified atom stereocenters. The third-order valence-electron chi connectivity index (χ3n) is 4.63. The molecule has 0 saturated heterocycles. The van der Waals surface area contributed by atoms with Crippen molar-refractivity contribution in [2.75, 3.05) is 16.4 Å². The van der Waals surface area contributed by atoms with Gasteiger partial charge >= 0.3 is 0 Å². The van der Waals surface area contributed by atoms with Crippen LogP contribution < -0.4 is 16.4 Å². The van der Waals surface area contributed by atoms with Crippen LogP contribution >= 0.6 is 0 Å². The highest BCUT2D eigenvalue weighted by Gasteiger charge is 2.15. The van der Waals surface area contributed by atoms with Crippen LogP contribution in [0.3, 0.4) is 0 Å². The van der Waals surface area contributed by atoms with Gasteiger partial charge in [0.05, 0.1) is 11.4 Å². The van der Waals surface area contributed by atoms with Gasteiger partial charge < -0.3 is 16.4 Å². The molecule has 0 radical (unpaired) electrons. The average molecular weight is 400 g/mol. The molecule has 5 nitrogen and oxygen atoms in total. The Morgan fingerprint density at radius 2 is 1.48 bits per heavy atom. The first-order chi connectivity index (χ1) is 13.6. The maximum atomic E-state index is 12.8. The van der Waals surface area contributed by atoms with Gasteiger partial charge in [-0.2, -0.15) is 0 Å². The number of carbonyl (C=O) groups excluding carboxylic acids is 2. The summed E-state index contributed by atoms with van der Waals surface area (Å²) in [6.07, 6.45) is 2.88. The second-order valence-corrected chi connectivity index (χ2v) is 8.22. The van der Waals surface area contributed by atoms with Crippen molar-refractivity contribution in [3.05, 3.63) is 53.8 Å². The molecule has 2 amide bonds. The molecule has 0 saturated carbocycles. The summed E-state index contributed by atoms with van der Waals surface area (Å²) in [5, 5.41) is 5.58. The number of carbonyl (C=O) groups is 2. The fourth-order valence-electron chi connectivity index (χ4n) is 2.86. The van der Waals surface area contributed by atoms with Gasteiger partial charge in [0.1, 0.15) is 5.82 Å². The average Bonchev–Trinajstić information content (AvgIpc) is 2.64. The molecule has 2 aromatic carbocycles. The first-order valence-corrected chi connectivity index (χ1v) is 9.90. The van der Waals surface area contributed by atoms with E-state index in [4.69, 9.17) is 5.73 Å². The number of unbranched alkanes of at least 4 members (excludes halogenated alkanes) is 2. The predicted octanol–water partition coefficient (Wildman–Crippen LogP) is 5.23. The SMILES string of the molecule is CC(C)(C)c1ccc(NC(=O)CCCCCC(=O)Nc2ccc(F)cc2)c(N)c1. The van der Waals surface area contributed by atoms with Crippen LogP contribution in [0.5, 0.6) is 0 Å². The summed E-state index contributed by atoms with van der Waals surface area (Å²) >= 11 is 0. The van der Waals surface area contributed by atoms with E-state index in [0.717, 1.165) is 12.0 Å². The fraction of sp³-hybridized carbons (Fsp3) is 0.391. The topological polar surface area (TPSA) is 84.2 Å². The van der Waals surface area contributed by atoms with Gasteiger partial charge in [0.25, 0.3) is 0 Å². The van der Waals surface area contributed by atoms with Gasteiger partial charge in [0, 0.05) is 18.5 Å². The maximum Gasteiger partial charge on any atom is 0.224 e. The fourth-order valence-corrected chi connectivity index (χ4v) is 2.86. The van der Waals surface area contributed by atoms with E-state index in [1.165, 1.54) is 24.3 Å². The molecule has 156 valence electrons. The predicted molar refractivity (Wildman–Crippen MR) is 116 cm³/mol. The smallest absolute Gasteiger partial charge is 0.224 e. The minimum absolute atomic E-state index is 0.000346. The molecule has 0 spiro atoms. The summed E-state index contributed by atoms with van der Waals surface area (Å²) in [6, 6.07) is 11.4. The van der Waals surface area contributed by atoms with Crippen LogP contribution in [-0.2, 0) is 15.0 Å². The number of hydrogen-bond acceptors (Lipinski definition) is 3. The number of halogens is 1. The molecular formula is C23H30FN3O2. The molecule has 2 aromatic rings. The molecule has 0 aliphatic carbocycles. The van der Waals surface area contributed by atoms with Crippen LogP contribution in [0.4, 0.5) is 21.5 Å². The zero-order valence-corrected chi connectivity index (χ0v) is 17.3. The minimum atomic E-state index is -0.340. The Labute approximate surface area is 171 Å². The molecule has 4 N–H and O–H groups in total. The van der Waals surface area contributed by atoms with Gasteiger partial charge in [-0.25, -0.2) is 4.39 Å². The second kappa shape index (κ2) is 10.0. The normalized spacial score (nSPS) is 11.2. The lowest BCUT2D eigenvalue weighted by molar-refractivity contribution is -0.116. The largest absolute Gasteiger partial charge is 0.397 e. The monoisotopic (exact) mass is 399 g/mol. The molecule has 29 heavy (non-hydrogen) atoms. The lowest BCUT2D eigenvalue weighted by Crippen LogP contribution is -2.15. The van der Waals surface area contributed by atoms with E-state index in [-0.39, 0.29) is 23.0 Å².